The topological polar surface area (TPSA) is 44.8 Å². The standard InChI is InChI=1S/C25H32O4SSi/c1-17-10-12-20(13-11-17)30-24-21-14-19(16-31(2,3)4)28-23(24)22(29-21)15-27-25(26)18-8-6-5-7-9-18/h5-13,19,21-24H,14-16H2,1-4H3/t19?,21-,22-,23-,24-/m1/s1. The summed E-state index contributed by atoms with van der Waals surface area (Å²) in [4.78, 5) is 13.7. The van der Waals surface area contributed by atoms with E-state index in [1.54, 1.807) is 12.1 Å². The largest absolute Gasteiger partial charge is 0.459 e. The number of hydrogen-bond acceptors (Lipinski definition) is 5. The lowest BCUT2D eigenvalue weighted by molar-refractivity contribution is -0.0456. The molecule has 2 heterocycles. The first-order chi connectivity index (χ1) is 14.8. The van der Waals surface area contributed by atoms with E-state index >= 15 is 0 Å². The van der Waals surface area contributed by atoms with Crippen molar-refractivity contribution in [3.8, 4) is 0 Å². The van der Waals surface area contributed by atoms with Gasteiger partial charge in [0.2, 0.25) is 0 Å². The molecule has 2 aliphatic heterocycles. The molecule has 0 amide bonds. The molecule has 0 aliphatic carbocycles. The number of benzene rings is 2. The molecule has 31 heavy (non-hydrogen) atoms. The van der Waals surface area contributed by atoms with Crippen LogP contribution in [-0.2, 0) is 14.2 Å². The van der Waals surface area contributed by atoms with Crippen LogP contribution in [0.15, 0.2) is 59.5 Å². The molecule has 2 aromatic carbocycles. The second kappa shape index (κ2) is 9.49. The monoisotopic (exact) mass is 456 g/mol. The molecule has 4 nitrogen and oxygen atoms in total. The molecule has 2 fully saturated rings. The number of rotatable bonds is 7. The minimum Gasteiger partial charge on any atom is -0.459 e. The smallest absolute Gasteiger partial charge is 0.338 e. The van der Waals surface area contributed by atoms with E-state index < -0.39 is 8.07 Å². The number of hydrogen-bond donors (Lipinski definition) is 0. The van der Waals surface area contributed by atoms with Crippen molar-refractivity contribution in [1.29, 1.82) is 0 Å². The molecule has 2 saturated heterocycles. The zero-order valence-corrected chi connectivity index (χ0v) is 20.6. The molecule has 5 atom stereocenters. The molecule has 2 aromatic rings. The fourth-order valence-electron chi connectivity index (χ4n) is 4.38. The van der Waals surface area contributed by atoms with Gasteiger partial charge >= 0.3 is 5.97 Å². The molecule has 0 saturated carbocycles. The Balaban J connectivity index is 1.45. The molecule has 4 rings (SSSR count). The van der Waals surface area contributed by atoms with Gasteiger partial charge in [-0.1, -0.05) is 55.5 Å². The van der Waals surface area contributed by atoms with Crippen molar-refractivity contribution in [2.75, 3.05) is 6.61 Å². The van der Waals surface area contributed by atoms with Gasteiger partial charge in [0, 0.05) is 19.4 Å². The van der Waals surface area contributed by atoms with Gasteiger partial charge in [0.25, 0.3) is 0 Å². The average Bonchev–Trinajstić information content (AvgIpc) is 2.92. The maximum atomic E-state index is 12.4. The molecule has 0 N–H and O–H groups in total. The second-order valence-electron chi connectivity index (χ2n) is 9.80. The van der Waals surface area contributed by atoms with Gasteiger partial charge in [0.1, 0.15) is 18.8 Å². The summed E-state index contributed by atoms with van der Waals surface area (Å²) in [6, 6.07) is 18.8. The van der Waals surface area contributed by atoms with E-state index in [2.05, 4.69) is 50.8 Å². The molecule has 2 bridgehead atoms. The van der Waals surface area contributed by atoms with Gasteiger partial charge < -0.3 is 14.2 Å². The first-order valence-corrected chi connectivity index (χ1v) is 15.6. The molecule has 2 aliphatic rings. The van der Waals surface area contributed by atoms with Gasteiger partial charge in [-0.25, -0.2) is 4.79 Å². The van der Waals surface area contributed by atoms with Gasteiger partial charge in [-0.05, 0) is 37.2 Å². The summed E-state index contributed by atoms with van der Waals surface area (Å²) >= 11 is 1.83. The summed E-state index contributed by atoms with van der Waals surface area (Å²) in [5.41, 5.74) is 1.82. The lowest BCUT2D eigenvalue weighted by Crippen LogP contribution is -2.45. The zero-order chi connectivity index (χ0) is 22.0. The maximum Gasteiger partial charge on any atom is 0.338 e. The van der Waals surface area contributed by atoms with Crippen molar-refractivity contribution in [2.24, 2.45) is 0 Å². The molecular weight excluding hydrogens is 424 g/mol. The third-order valence-corrected chi connectivity index (χ3v) is 8.84. The van der Waals surface area contributed by atoms with Crippen LogP contribution in [0.2, 0.25) is 25.7 Å². The molecule has 0 spiro atoms. The quantitative estimate of drug-likeness (QED) is 0.402. The van der Waals surface area contributed by atoms with Crippen molar-refractivity contribution >= 4 is 25.8 Å². The van der Waals surface area contributed by atoms with Gasteiger partial charge in [0.05, 0.1) is 23.0 Å². The lowest BCUT2D eigenvalue weighted by atomic mass is 10.0. The number of carbonyl (C=O) groups is 1. The predicted octanol–water partition coefficient (Wildman–Crippen LogP) is 5.58. The van der Waals surface area contributed by atoms with E-state index in [1.807, 2.05) is 30.0 Å². The number of ether oxygens (including phenoxy) is 3. The summed E-state index contributed by atoms with van der Waals surface area (Å²) in [6.45, 7) is 9.46. The minimum atomic E-state index is -1.25. The normalized spacial score (nSPS) is 27.8. The van der Waals surface area contributed by atoms with Crippen LogP contribution in [0, 0.1) is 6.92 Å². The Kier molecular flexibility index (Phi) is 6.91. The van der Waals surface area contributed by atoms with Crippen LogP contribution in [0.25, 0.3) is 0 Å². The van der Waals surface area contributed by atoms with Gasteiger partial charge in [-0.15, -0.1) is 11.8 Å². The molecule has 1 unspecified atom stereocenters. The number of carbonyl (C=O) groups excluding carboxylic acids is 1. The van der Waals surface area contributed by atoms with E-state index in [1.165, 1.54) is 10.5 Å². The zero-order valence-electron chi connectivity index (χ0n) is 18.7. The number of esters is 1. The van der Waals surface area contributed by atoms with Crippen molar-refractivity contribution in [2.45, 2.75) is 73.6 Å². The maximum absolute atomic E-state index is 12.4. The van der Waals surface area contributed by atoms with Crippen molar-refractivity contribution < 1.29 is 19.0 Å². The van der Waals surface area contributed by atoms with E-state index in [0.717, 1.165) is 12.5 Å². The lowest BCUT2D eigenvalue weighted by Gasteiger charge is -2.36. The van der Waals surface area contributed by atoms with Gasteiger partial charge in [0.15, 0.2) is 0 Å². The van der Waals surface area contributed by atoms with Crippen LogP contribution in [0.4, 0.5) is 0 Å². The summed E-state index contributed by atoms with van der Waals surface area (Å²) in [5, 5.41) is 0.209. The minimum absolute atomic E-state index is 0.0741. The third kappa shape index (κ3) is 5.80. The Labute approximate surface area is 190 Å². The highest BCUT2D eigenvalue weighted by Crippen LogP contribution is 2.44. The van der Waals surface area contributed by atoms with Crippen LogP contribution >= 0.6 is 11.8 Å². The van der Waals surface area contributed by atoms with Gasteiger partial charge in [-0.2, -0.15) is 0 Å². The summed E-state index contributed by atoms with van der Waals surface area (Å²) in [7, 11) is -1.25. The fraction of sp³-hybridized carbons (Fsp3) is 0.480. The van der Waals surface area contributed by atoms with E-state index in [4.69, 9.17) is 14.2 Å². The Morgan fingerprint density at radius 1 is 1.06 bits per heavy atom. The summed E-state index contributed by atoms with van der Waals surface area (Å²) < 4.78 is 18.7. The average molecular weight is 457 g/mol. The Morgan fingerprint density at radius 3 is 2.45 bits per heavy atom. The molecule has 0 radical (unpaired) electrons. The van der Waals surface area contributed by atoms with Crippen LogP contribution in [0.5, 0.6) is 0 Å². The highest BCUT2D eigenvalue weighted by atomic mass is 32.2. The van der Waals surface area contributed by atoms with E-state index in [0.29, 0.717) is 5.56 Å². The molecule has 166 valence electrons. The molecular formula is C25H32O4SSi. The van der Waals surface area contributed by atoms with Crippen molar-refractivity contribution in [3.63, 3.8) is 0 Å². The summed E-state index contributed by atoms with van der Waals surface area (Å²) in [6.07, 6.45) is 0.952. The summed E-state index contributed by atoms with van der Waals surface area (Å²) in [5.74, 6) is -0.313. The second-order valence-corrected chi connectivity index (χ2v) is 16.6. The fourth-order valence-corrected chi connectivity index (χ4v) is 7.31. The molecule has 0 aromatic heterocycles. The Bertz CT molecular complexity index is 881. The Morgan fingerprint density at radius 2 is 1.77 bits per heavy atom. The van der Waals surface area contributed by atoms with Crippen LogP contribution < -0.4 is 0 Å². The van der Waals surface area contributed by atoms with Crippen LogP contribution in [0.3, 0.4) is 0 Å². The van der Waals surface area contributed by atoms with Crippen molar-refractivity contribution in [1.82, 2.24) is 0 Å². The first kappa shape index (κ1) is 22.6. The number of fused-ring (bicyclic) bond motifs is 2. The van der Waals surface area contributed by atoms with Gasteiger partial charge in [-0.3, -0.25) is 0 Å². The number of thioether (sulfide) groups is 1. The van der Waals surface area contributed by atoms with E-state index in [9.17, 15) is 4.79 Å². The number of aryl methyl sites for hydroxylation is 1. The third-order valence-electron chi connectivity index (χ3n) is 5.77. The first-order valence-electron chi connectivity index (χ1n) is 11.0. The highest BCUT2D eigenvalue weighted by molar-refractivity contribution is 8.00. The Hall–Kier alpha value is -1.60. The predicted molar refractivity (Wildman–Crippen MR) is 128 cm³/mol. The molecule has 6 heteroatoms. The van der Waals surface area contributed by atoms with Crippen LogP contribution in [-0.4, -0.2) is 50.3 Å². The SMILES string of the molecule is Cc1ccc(S[C@H]2[C@@H]3OC(C[Si](C)(C)C)C[C@H]2O[C@@H]3COC(=O)c2ccccc2)cc1. The highest BCUT2D eigenvalue weighted by Gasteiger charge is 2.52. The van der Waals surface area contributed by atoms with Crippen molar-refractivity contribution in [3.05, 3.63) is 65.7 Å². The van der Waals surface area contributed by atoms with Crippen LogP contribution in [0.1, 0.15) is 22.3 Å². The van der Waals surface area contributed by atoms with E-state index in [-0.39, 0.29) is 42.2 Å².